The lowest BCUT2D eigenvalue weighted by Gasteiger charge is -2.23. The average Bonchev–Trinajstić information content (AvgIpc) is 3.08. The van der Waals surface area contributed by atoms with Crippen LogP contribution in [-0.4, -0.2) is 38.8 Å². The highest BCUT2D eigenvalue weighted by Gasteiger charge is 2.38. The lowest BCUT2D eigenvalue weighted by Crippen LogP contribution is -2.31. The summed E-state index contributed by atoms with van der Waals surface area (Å²) < 4.78 is 28.6. The van der Waals surface area contributed by atoms with Gasteiger partial charge in [-0.2, -0.15) is 4.31 Å². The van der Waals surface area contributed by atoms with Gasteiger partial charge in [-0.1, -0.05) is 0 Å². The van der Waals surface area contributed by atoms with Crippen LogP contribution in [0.15, 0.2) is 29.9 Å². The van der Waals surface area contributed by atoms with Gasteiger partial charge in [-0.25, -0.2) is 13.4 Å². The molecular formula is C13H17N5O2S. The van der Waals surface area contributed by atoms with Crippen LogP contribution in [0, 0.1) is 6.92 Å². The summed E-state index contributed by atoms with van der Waals surface area (Å²) >= 11 is 0. The van der Waals surface area contributed by atoms with Gasteiger partial charge < -0.3 is 4.57 Å². The molecule has 0 radical (unpaired) electrons. The number of hydrogen-bond donors (Lipinski definition) is 0. The van der Waals surface area contributed by atoms with E-state index in [1.54, 1.807) is 24.0 Å². The minimum Gasteiger partial charge on any atom is -0.339 e. The van der Waals surface area contributed by atoms with Crippen LogP contribution in [0.1, 0.15) is 30.3 Å². The molecule has 0 spiro atoms. The molecule has 1 aliphatic heterocycles. The van der Waals surface area contributed by atoms with Gasteiger partial charge in [-0.05, 0) is 19.8 Å². The molecule has 0 unspecified atom stereocenters. The van der Waals surface area contributed by atoms with Crippen molar-refractivity contribution in [3.63, 3.8) is 0 Å². The molecule has 7 nitrogen and oxygen atoms in total. The molecule has 0 bridgehead atoms. The smallest absolute Gasteiger partial charge is 0.262 e. The molecule has 2 aromatic rings. The molecule has 8 heteroatoms. The van der Waals surface area contributed by atoms with Gasteiger partial charge in [0, 0.05) is 32.2 Å². The largest absolute Gasteiger partial charge is 0.339 e. The number of aromatic nitrogens is 4. The maximum atomic E-state index is 12.7. The average molecular weight is 307 g/mol. The van der Waals surface area contributed by atoms with Crippen LogP contribution >= 0.6 is 0 Å². The zero-order valence-electron chi connectivity index (χ0n) is 12.0. The van der Waals surface area contributed by atoms with Crippen molar-refractivity contribution in [2.24, 2.45) is 7.05 Å². The summed E-state index contributed by atoms with van der Waals surface area (Å²) in [5, 5.41) is 0.0819. The van der Waals surface area contributed by atoms with Gasteiger partial charge in [-0.15, -0.1) is 0 Å². The highest BCUT2D eigenvalue weighted by molar-refractivity contribution is 7.89. The van der Waals surface area contributed by atoms with E-state index in [1.807, 2.05) is 6.92 Å². The van der Waals surface area contributed by atoms with E-state index in [1.165, 1.54) is 16.8 Å². The Balaban J connectivity index is 2.00. The van der Waals surface area contributed by atoms with Crippen molar-refractivity contribution in [3.8, 4) is 0 Å². The molecular weight excluding hydrogens is 290 g/mol. The fraction of sp³-hybridized carbons (Fsp3) is 0.462. The van der Waals surface area contributed by atoms with Gasteiger partial charge in [0.05, 0.1) is 23.8 Å². The normalized spacial score (nSPS) is 20.0. The Bertz CT molecular complexity index is 755. The topological polar surface area (TPSA) is 81.0 Å². The first-order valence-electron chi connectivity index (χ1n) is 6.77. The van der Waals surface area contributed by atoms with Gasteiger partial charge in [-0.3, -0.25) is 9.97 Å². The van der Waals surface area contributed by atoms with Crippen LogP contribution in [0.4, 0.5) is 0 Å². The molecule has 112 valence electrons. The number of sulfonamides is 1. The monoisotopic (exact) mass is 307 g/mol. The first-order valence-corrected chi connectivity index (χ1v) is 8.21. The summed E-state index contributed by atoms with van der Waals surface area (Å²) in [5.41, 5.74) is 1.50. The second-order valence-corrected chi connectivity index (χ2v) is 7.02. The maximum absolute atomic E-state index is 12.7. The Morgan fingerprint density at radius 3 is 2.67 bits per heavy atom. The molecule has 1 atom stereocenters. The first-order chi connectivity index (χ1) is 10.00. The Hall–Kier alpha value is -1.80. The van der Waals surface area contributed by atoms with E-state index in [0.717, 1.165) is 24.2 Å². The minimum absolute atomic E-state index is 0.0819. The summed E-state index contributed by atoms with van der Waals surface area (Å²) in [5.74, 6) is 0. The number of imidazole rings is 1. The summed E-state index contributed by atoms with van der Waals surface area (Å²) in [6.45, 7) is 2.34. The molecule has 1 aliphatic rings. The Morgan fingerprint density at radius 2 is 2.00 bits per heavy atom. The van der Waals surface area contributed by atoms with Gasteiger partial charge in [0.1, 0.15) is 0 Å². The van der Waals surface area contributed by atoms with Crippen molar-refractivity contribution in [1.82, 2.24) is 23.8 Å². The van der Waals surface area contributed by atoms with Crippen molar-refractivity contribution in [3.05, 3.63) is 36.3 Å². The standard InChI is InChI=1S/C13H17N5O2S/c1-10-13(15-6-5-14-10)11-4-3-7-18(11)21(19,20)12-8-17(2)9-16-12/h5-6,8-9,11H,3-4,7H2,1-2H3/t11-/m0/s1. The fourth-order valence-electron chi connectivity index (χ4n) is 2.69. The third kappa shape index (κ3) is 2.44. The molecule has 2 aromatic heterocycles. The molecule has 0 aliphatic carbocycles. The summed E-state index contributed by atoms with van der Waals surface area (Å²) in [7, 11) is -1.85. The number of hydrogen-bond acceptors (Lipinski definition) is 5. The summed E-state index contributed by atoms with van der Waals surface area (Å²) in [6, 6.07) is -0.259. The van der Waals surface area contributed by atoms with E-state index in [0.29, 0.717) is 6.54 Å². The van der Waals surface area contributed by atoms with E-state index in [4.69, 9.17) is 0 Å². The zero-order valence-corrected chi connectivity index (χ0v) is 12.8. The third-order valence-electron chi connectivity index (χ3n) is 3.69. The van der Waals surface area contributed by atoms with Crippen molar-refractivity contribution < 1.29 is 8.42 Å². The highest BCUT2D eigenvalue weighted by Crippen LogP contribution is 2.35. The lowest BCUT2D eigenvalue weighted by atomic mass is 10.1. The SMILES string of the molecule is Cc1nccnc1[C@@H]1CCCN1S(=O)(=O)c1cn(C)cn1. The quantitative estimate of drug-likeness (QED) is 0.846. The van der Waals surface area contributed by atoms with Crippen molar-refractivity contribution in [1.29, 1.82) is 0 Å². The molecule has 1 saturated heterocycles. The van der Waals surface area contributed by atoms with Crippen LogP contribution in [-0.2, 0) is 17.1 Å². The van der Waals surface area contributed by atoms with E-state index < -0.39 is 10.0 Å². The summed E-state index contributed by atoms with van der Waals surface area (Å²) in [6.07, 6.45) is 7.80. The Morgan fingerprint density at radius 1 is 1.24 bits per heavy atom. The fourth-order valence-corrected chi connectivity index (χ4v) is 4.32. The first kappa shape index (κ1) is 14.2. The van der Waals surface area contributed by atoms with E-state index in [2.05, 4.69) is 15.0 Å². The van der Waals surface area contributed by atoms with Crippen molar-refractivity contribution >= 4 is 10.0 Å². The Labute approximate surface area is 123 Å². The molecule has 21 heavy (non-hydrogen) atoms. The summed E-state index contributed by atoms with van der Waals surface area (Å²) in [4.78, 5) is 12.5. The number of rotatable bonds is 3. The lowest BCUT2D eigenvalue weighted by molar-refractivity contribution is 0.386. The van der Waals surface area contributed by atoms with Gasteiger partial charge in [0.15, 0.2) is 5.03 Å². The molecule has 1 fully saturated rings. The van der Waals surface area contributed by atoms with E-state index >= 15 is 0 Å². The van der Waals surface area contributed by atoms with Crippen molar-refractivity contribution in [2.75, 3.05) is 6.54 Å². The highest BCUT2D eigenvalue weighted by atomic mass is 32.2. The Kier molecular flexibility index (Phi) is 3.50. The van der Waals surface area contributed by atoms with Crippen LogP contribution in [0.25, 0.3) is 0 Å². The van der Waals surface area contributed by atoms with Crippen molar-refractivity contribution in [2.45, 2.75) is 30.8 Å². The van der Waals surface area contributed by atoms with Gasteiger partial charge in [0.2, 0.25) is 0 Å². The van der Waals surface area contributed by atoms with Crippen LogP contribution in [0.2, 0.25) is 0 Å². The van der Waals surface area contributed by atoms with Crippen LogP contribution in [0.3, 0.4) is 0 Å². The molecule has 0 saturated carbocycles. The van der Waals surface area contributed by atoms with Crippen LogP contribution < -0.4 is 0 Å². The predicted molar refractivity (Wildman–Crippen MR) is 75.8 cm³/mol. The molecule has 0 aromatic carbocycles. The van der Waals surface area contributed by atoms with Gasteiger partial charge >= 0.3 is 0 Å². The molecule has 0 N–H and O–H groups in total. The number of nitrogens with zero attached hydrogens (tertiary/aromatic N) is 5. The second-order valence-electron chi connectivity index (χ2n) is 5.18. The van der Waals surface area contributed by atoms with Crippen LogP contribution in [0.5, 0.6) is 0 Å². The van der Waals surface area contributed by atoms with E-state index in [9.17, 15) is 8.42 Å². The third-order valence-corrected chi connectivity index (χ3v) is 5.49. The molecule has 0 amide bonds. The zero-order chi connectivity index (χ0) is 15.0. The van der Waals surface area contributed by atoms with Gasteiger partial charge in [0.25, 0.3) is 10.0 Å². The number of aryl methyl sites for hydroxylation is 2. The molecule has 3 heterocycles. The minimum atomic E-state index is -3.60. The molecule has 3 rings (SSSR count). The predicted octanol–water partition coefficient (Wildman–Crippen LogP) is 1.04. The maximum Gasteiger partial charge on any atom is 0.262 e. The van der Waals surface area contributed by atoms with E-state index in [-0.39, 0.29) is 11.1 Å². The second kappa shape index (κ2) is 5.19.